The van der Waals surface area contributed by atoms with Crippen molar-refractivity contribution in [1.29, 1.82) is 0 Å². The maximum atomic E-state index is 12.9. The standard InChI is InChI=1S/C15H20N2O3S/c18-21(19,14-3-4-15-11(9-14)6-8-20-15)17-7-5-12-1-2-13(10-17)16-12/h3-4,9,12-13,16H,1-2,5-8,10H2. The first-order chi connectivity index (χ1) is 10.1. The minimum Gasteiger partial charge on any atom is -0.493 e. The monoisotopic (exact) mass is 308 g/mol. The average molecular weight is 308 g/mol. The normalized spacial score (nSPS) is 29.0. The zero-order valence-electron chi connectivity index (χ0n) is 11.9. The first kappa shape index (κ1) is 13.5. The second-order valence-electron chi connectivity index (χ2n) is 6.16. The van der Waals surface area contributed by atoms with Crippen LogP contribution in [0, 0.1) is 0 Å². The molecule has 0 spiro atoms. The van der Waals surface area contributed by atoms with Gasteiger partial charge in [0.15, 0.2) is 0 Å². The van der Waals surface area contributed by atoms with Crippen LogP contribution in [-0.4, -0.2) is 44.5 Å². The molecule has 114 valence electrons. The van der Waals surface area contributed by atoms with E-state index in [2.05, 4.69) is 5.32 Å². The molecule has 0 aromatic heterocycles. The lowest BCUT2D eigenvalue weighted by Crippen LogP contribution is -2.39. The summed E-state index contributed by atoms with van der Waals surface area (Å²) in [5, 5.41) is 3.52. The first-order valence-electron chi connectivity index (χ1n) is 7.65. The molecule has 2 bridgehead atoms. The van der Waals surface area contributed by atoms with Gasteiger partial charge in [-0.2, -0.15) is 4.31 Å². The lowest BCUT2D eigenvalue weighted by Gasteiger charge is -2.23. The molecule has 21 heavy (non-hydrogen) atoms. The van der Waals surface area contributed by atoms with E-state index in [4.69, 9.17) is 4.74 Å². The molecule has 2 atom stereocenters. The van der Waals surface area contributed by atoms with Crippen molar-refractivity contribution in [3.8, 4) is 5.75 Å². The zero-order valence-corrected chi connectivity index (χ0v) is 12.7. The molecule has 0 radical (unpaired) electrons. The van der Waals surface area contributed by atoms with Crippen molar-refractivity contribution in [2.75, 3.05) is 19.7 Å². The molecule has 3 heterocycles. The number of nitrogens with zero attached hydrogens (tertiary/aromatic N) is 1. The Morgan fingerprint density at radius 3 is 2.95 bits per heavy atom. The molecule has 0 amide bonds. The van der Waals surface area contributed by atoms with Crippen molar-refractivity contribution in [1.82, 2.24) is 9.62 Å². The van der Waals surface area contributed by atoms with Gasteiger partial charge in [0.25, 0.3) is 0 Å². The molecule has 5 nitrogen and oxygen atoms in total. The summed E-state index contributed by atoms with van der Waals surface area (Å²) in [6.45, 7) is 1.85. The van der Waals surface area contributed by atoms with Crippen LogP contribution in [-0.2, 0) is 16.4 Å². The van der Waals surface area contributed by atoms with Crippen LogP contribution in [0.5, 0.6) is 5.75 Å². The Morgan fingerprint density at radius 1 is 1.19 bits per heavy atom. The molecule has 1 aromatic rings. The van der Waals surface area contributed by atoms with Gasteiger partial charge in [0, 0.05) is 31.6 Å². The Hall–Kier alpha value is -1.11. The molecule has 0 aliphatic carbocycles. The van der Waals surface area contributed by atoms with E-state index >= 15 is 0 Å². The fourth-order valence-corrected chi connectivity index (χ4v) is 5.15. The van der Waals surface area contributed by atoms with Crippen LogP contribution in [0.1, 0.15) is 24.8 Å². The van der Waals surface area contributed by atoms with Crippen LogP contribution in [0.25, 0.3) is 0 Å². The summed E-state index contributed by atoms with van der Waals surface area (Å²) in [6, 6.07) is 6.05. The highest BCUT2D eigenvalue weighted by molar-refractivity contribution is 7.89. The molecule has 1 aromatic carbocycles. The lowest BCUT2D eigenvalue weighted by atomic mass is 10.1. The van der Waals surface area contributed by atoms with E-state index in [9.17, 15) is 8.42 Å². The summed E-state index contributed by atoms with van der Waals surface area (Å²) in [7, 11) is -3.39. The molecular weight excluding hydrogens is 288 g/mol. The summed E-state index contributed by atoms with van der Waals surface area (Å²) in [5.74, 6) is 0.825. The van der Waals surface area contributed by atoms with Gasteiger partial charge in [-0.1, -0.05) is 0 Å². The minimum atomic E-state index is -3.39. The Kier molecular flexibility index (Phi) is 3.20. The van der Waals surface area contributed by atoms with E-state index in [1.165, 1.54) is 6.42 Å². The van der Waals surface area contributed by atoms with Crippen molar-refractivity contribution in [2.24, 2.45) is 0 Å². The van der Waals surface area contributed by atoms with Crippen molar-refractivity contribution < 1.29 is 13.2 Å². The maximum Gasteiger partial charge on any atom is 0.243 e. The van der Waals surface area contributed by atoms with Crippen molar-refractivity contribution in [3.63, 3.8) is 0 Å². The molecule has 2 saturated heterocycles. The highest BCUT2D eigenvalue weighted by Gasteiger charge is 2.35. The van der Waals surface area contributed by atoms with E-state index in [0.717, 1.165) is 30.6 Å². The predicted molar refractivity (Wildman–Crippen MR) is 79.0 cm³/mol. The second-order valence-corrected chi connectivity index (χ2v) is 8.10. The number of ether oxygens (including phenoxy) is 1. The molecule has 3 aliphatic heterocycles. The highest BCUT2D eigenvalue weighted by atomic mass is 32.2. The molecule has 4 rings (SSSR count). The third-order valence-corrected chi connectivity index (χ3v) is 6.65. The number of sulfonamides is 1. The van der Waals surface area contributed by atoms with Crippen molar-refractivity contribution >= 4 is 10.0 Å². The fourth-order valence-electron chi connectivity index (χ4n) is 3.60. The average Bonchev–Trinajstić information content (AvgIpc) is 3.03. The van der Waals surface area contributed by atoms with E-state index in [1.54, 1.807) is 22.5 Å². The Labute approximate surface area is 125 Å². The number of rotatable bonds is 2. The quantitative estimate of drug-likeness (QED) is 0.890. The van der Waals surface area contributed by atoms with Crippen LogP contribution in [0.2, 0.25) is 0 Å². The van der Waals surface area contributed by atoms with Crippen LogP contribution >= 0.6 is 0 Å². The van der Waals surface area contributed by atoms with Crippen molar-refractivity contribution in [3.05, 3.63) is 23.8 Å². The Morgan fingerprint density at radius 2 is 2.05 bits per heavy atom. The van der Waals surface area contributed by atoms with Crippen LogP contribution in [0.15, 0.2) is 23.1 Å². The van der Waals surface area contributed by atoms with Gasteiger partial charge in [0.2, 0.25) is 10.0 Å². The molecule has 3 aliphatic rings. The number of benzene rings is 1. The molecular formula is C15H20N2O3S. The highest BCUT2D eigenvalue weighted by Crippen LogP contribution is 2.30. The summed E-state index contributed by atoms with van der Waals surface area (Å²) in [6.07, 6.45) is 3.96. The number of hydrogen-bond donors (Lipinski definition) is 1. The van der Waals surface area contributed by atoms with Crippen molar-refractivity contribution in [2.45, 2.75) is 42.7 Å². The van der Waals surface area contributed by atoms with Crippen LogP contribution in [0.3, 0.4) is 0 Å². The number of hydrogen-bond acceptors (Lipinski definition) is 4. The van der Waals surface area contributed by atoms with Gasteiger partial charge >= 0.3 is 0 Å². The van der Waals surface area contributed by atoms with Gasteiger partial charge < -0.3 is 10.1 Å². The van der Waals surface area contributed by atoms with E-state index in [-0.39, 0.29) is 0 Å². The predicted octanol–water partition coefficient (Wildman–Crippen LogP) is 1.14. The van der Waals surface area contributed by atoms with Gasteiger partial charge in [-0.3, -0.25) is 0 Å². The topological polar surface area (TPSA) is 58.6 Å². The van der Waals surface area contributed by atoms with Gasteiger partial charge in [-0.05, 0) is 43.0 Å². The van der Waals surface area contributed by atoms with Gasteiger partial charge in [0.05, 0.1) is 11.5 Å². The number of fused-ring (bicyclic) bond motifs is 3. The third kappa shape index (κ3) is 2.35. The summed E-state index contributed by atoms with van der Waals surface area (Å²) < 4.78 is 32.9. The largest absolute Gasteiger partial charge is 0.493 e. The van der Waals surface area contributed by atoms with Crippen LogP contribution in [0.4, 0.5) is 0 Å². The molecule has 1 N–H and O–H groups in total. The minimum absolute atomic E-state index is 0.310. The maximum absolute atomic E-state index is 12.9. The molecule has 0 saturated carbocycles. The molecule has 2 fully saturated rings. The Bertz CT molecular complexity index is 659. The Balaban J connectivity index is 1.63. The smallest absolute Gasteiger partial charge is 0.243 e. The second kappa shape index (κ2) is 4.97. The molecule has 2 unspecified atom stereocenters. The van der Waals surface area contributed by atoms with Gasteiger partial charge in [-0.25, -0.2) is 8.42 Å². The van der Waals surface area contributed by atoms with Gasteiger partial charge in [0.1, 0.15) is 5.75 Å². The third-order valence-electron chi connectivity index (χ3n) is 4.78. The lowest BCUT2D eigenvalue weighted by molar-refractivity contribution is 0.356. The fraction of sp³-hybridized carbons (Fsp3) is 0.600. The van der Waals surface area contributed by atoms with Gasteiger partial charge in [-0.15, -0.1) is 0 Å². The first-order valence-corrected chi connectivity index (χ1v) is 9.09. The van der Waals surface area contributed by atoms with E-state index in [1.807, 2.05) is 0 Å². The summed E-state index contributed by atoms with van der Waals surface area (Å²) in [5.41, 5.74) is 1.01. The van der Waals surface area contributed by atoms with E-state index in [0.29, 0.717) is 36.7 Å². The SMILES string of the molecule is O=S(=O)(c1ccc2c(c1)CCO2)N1CCC2CCC(C1)N2. The number of nitrogens with one attached hydrogen (secondary N) is 1. The zero-order chi connectivity index (χ0) is 14.4. The molecule has 6 heteroatoms. The summed E-state index contributed by atoms with van der Waals surface area (Å²) in [4.78, 5) is 0.407. The summed E-state index contributed by atoms with van der Waals surface area (Å²) >= 11 is 0. The van der Waals surface area contributed by atoms with Crippen LogP contribution < -0.4 is 10.1 Å². The van der Waals surface area contributed by atoms with E-state index < -0.39 is 10.0 Å².